The second-order valence-corrected chi connectivity index (χ2v) is 15.7. The van der Waals surface area contributed by atoms with Crippen LogP contribution < -0.4 is 9.62 Å². The first-order valence-corrected chi connectivity index (χ1v) is 18.5. The van der Waals surface area contributed by atoms with Crippen molar-refractivity contribution < 1.29 is 40.7 Å². The molecule has 0 unspecified atom stereocenters. The molecule has 0 heterocycles. The minimum Gasteiger partial charge on any atom is -0.478 e. The number of carboxylic acids is 1. The van der Waals surface area contributed by atoms with Crippen molar-refractivity contribution in [2.45, 2.75) is 57.4 Å². The van der Waals surface area contributed by atoms with E-state index in [9.17, 15) is 31.9 Å². The third-order valence-electron chi connectivity index (χ3n) is 8.85. The van der Waals surface area contributed by atoms with Crippen LogP contribution in [0.25, 0.3) is 0 Å². The van der Waals surface area contributed by atoms with Crippen molar-refractivity contribution in [2.75, 3.05) is 15.4 Å². The van der Waals surface area contributed by atoms with Crippen molar-refractivity contribution in [1.82, 2.24) is 0 Å². The predicted molar refractivity (Wildman–Crippen MR) is 185 cm³/mol. The number of anilines is 2. The first kappa shape index (κ1) is 35.9. The van der Waals surface area contributed by atoms with Crippen molar-refractivity contribution in [1.29, 1.82) is 0 Å². The Morgan fingerprint density at radius 3 is 2.12 bits per heavy atom. The summed E-state index contributed by atoms with van der Waals surface area (Å²) in [7, 11) is -4.91. The molecule has 0 bridgehead atoms. The summed E-state index contributed by atoms with van der Waals surface area (Å²) in [4.78, 5) is 26.8. The summed E-state index contributed by atoms with van der Waals surface area (Å²) in [6.07, 6.45) is 3.50. The number of benzene rings is 4. The molecule has 0 saturated heterocycles. The van der Waals surface area contributed by atoms with Crippen LogP contribution in [0.15, 0.2) is 59.1 Å². The van der Waals surface area contributed by atoms with Crippen molar-refractivity contribution in [3.63, 3.8) is 0 Å². The highest BCUT2D eigenvalue weighted by molar-refractivity contribution is 9.10. The quantitative estimate of drug-likeness (QED) is 0.0847. The molecule has 2 saturated carbocycles. The van der Waals surface area contributed by atoms with E-state index in [1.807, 2.05) is 12.1 Å². The fourth-order valence-electron chi connectivity index (χ4n) is 5.98. The van der Waals surface area contributed by atoms with Gasteiger partial charge in [0, 0.05) is 22.1 Å². The molecule has 50 heavy (non-hydrogen) atoms. The second kappa shape index (κ2) is 14.0. The molecule has 2 N–H and O–H groups in total. The number of aromatic carboxylic acids is 1. The van der Waals surface area contributed by atoms with Gasteiger partial charge < -0.3 is 10.0 Å². The number of rotatable bonds is 12. The first-order valence-electron chi connectivity index (χ1n) is 15.7. The van der Waals surface area contributed by atoms with Gasteiger partial charge in [-0.3, -0.25) is 9.52 Å². The van der Waals surface area contributed by atoms with E-state index in [0.29, 0.717) is 21.9 Å². The van der Waals surface area contributed by atoms with Crippen LogP contribution in [-0.2, 0) is 27.8 Å². The number of nitrogens with zero attached hydrogens (tertiary/aromatic N) is 1. The minimum absolute atomic E-state index is 0.0476. The van der Waals surface area contributed by atoms with E-state index in [2.05, 4.69) is 22.0 Å². The summed E-state index contributed by atoms with van der Waals surface area (Å²) in [5.41, 5.74) is 1.61. The summed E-state index contributed by atoms with van der Waals surface area (Å²) in [6, 6.07) is 14.6. The largest absolute Gasteiger partial charge is 0.478 e. The maximum absolute atomic E-state index is 15.2. The molecular formula is C36H30BrClF4N2O5S. The van der Waals surface area contributed by atoms with E-state index in [0.717, 1.165) is 42.4 Å². The normalized spacial score (nSPS) is 14.5. The minimum atomic E-state index is -4.91. The standard InChI is InChI=1S/C36H30BrClF4N2O5S/c1-18-11-23(36(46)47)9-10-28(18)44(16-19-12-24(20-5-6-20)14-25(13-19)21-7-8-21)29(45)17-50(48,49)43-35-26(31(39)32(40)33(41)34(35)42)15-22-3-2-4-27(37)30(22)38/h2-4,9-14,20-21,43H,5-8,15-17H2,1H3,(H,46,47). The van der Waals surface area contributed by atoms with Crippen LogP contribution in [0, 0.1) is 30.2 Å². The Hall–Kier alpha value is -3.94. The molecule has 262 valence electrons. The van der Waals surface area contributed by atoms with Crippen LogP contribution in [0.1, 0.15) is 81.3 Å². The van der Waals surface area contributed by atoms with Crippen molar-refractivity contribution in [2.24, 2.45) is 0 Å². The lowest BCUT2D eigenvalue weighted by Crippen LogP contribution is -2.38. The fourth-order valence-corrected chi connectivity index (χ4v) is 7.66. The third-order valence-corrected chi connectivity index (χ3v) is 11.3. The predicted octanol–water partition coefficient (Wildman–Crippen LogP) is 8.99. The van der Waals surface area contributed by atoms with Gasteiger partial charge in [-0.2, -0.15) is 0 Å². The van der Waals surface area contributed by atoms with Gasteiger partial charge in [0.1, 0.15) is 5.75 Å². The lowest BCUT2D eigenvalue weighted by atomic mass is 9.99. The number of carbonyl (C=O) groups excluding carboxylic acids is 1. The highest BCUT2D eigenvalue weighted by Gasteiger charge is 2.32. The Morgan fingerprint density at radius 2 is 1.54 bits per heavy atom. The highest BCUT2D eigenvalue weighted by atomic mass is 79.9. The number of amides is 1. The van der Waals surface area contributed by atoms with Gasteiger partial charge in [-0.25, -0.2) is 30.8 Å². The van der Waals surface area contributed by atoms with Gasteiger partial charge >= 0.3 is 5.97 Å². The number of hydrogen-bond acceptors (Lipinski definition) is 4. The summed E-state index contributed by atoms with van der Waals surface area (Å²) >= 11 is 9.47. The van der Waals surface area contributed by atoms with E-state index in [-0.39, 0.29) is 28.4 Å². The molecular weight excluding hydrogens is 764 g/mol. The van der Waals surface area contributed by atoms with Gasteiger partial charge in [0.2, 0.25) is 15.9 Å². The molecule has 14 heteroatoms. The number of aryl methyl sites for hydroxylation is 1. The molecule has 0 aromatic heterocycles. The summed E-state index contributed by atoms with van der Waals surface area (Å²) < 4.78 is 88.6. The van der Waals surface area contributed by atoms with Crippen molar-refractivity contribution in [3.8, 4) is 0 Å². The molecule has 0 aliphatic heterocycles. The number of hydrogen-bond donors (Lipinski definition) is 2. The summed E-state index contributed by atoms with van der Waals surface area (Å²) in [5.74, 6) is -10.9. The van der Waals surface area contributed by atoms with Crippen LogP contribution in [0.2, 0.25) is 5.02 Å². The smallest absolute Gasteiger partial charge is 0.335 e. The SMILES string of the molecule is Cc1cc(C(=O)O)ccc1N(Cc1cc(C2CC2)cc(C2CC2)c1)C(=O)CS(=O)(=O)Nc1c(F)c(F)c(F)c(F)c1Cc1cccc(Br)c1Cl. The lowest BCUT2D eigenvalue weighted by Gasteiger charge is -2.26. The average molecular weight is 794 g/mol. The molecule has 2 aliphatic carbocycles. The van der Waals surface area contributed by atoms with Crippen LogP contribution in [0.4, 0.5) is 28.9 Å². The maximum atomic E-state index is 15.2. The Morgan fingerprint density at radius 1 is 0.920 bits per heavy atom. The molecule has 0 radical (unpaired) electrons. The Balaban J connectivity index is 1.35. The zero-order valence-electron chi connectivity index (χ0n) is 26.5. The van der Waals surface area contributed by atoms with E-state index in [4.69, 9.17) is 11.6 Å². The second-order valence-electron chi connectivity index (χ2n) is 12.7. The van der Waals surface area contributed by atoms with Gasteiger partial charge in [-0.1, -0.05) is 41.9 Å². The van der Waals surface area contributed by atoms with Crippen molar-refractivity contribution >= 4 is 60.8 Å². The van der Waals surface area contributed by atoms with Gasteiger partial charge in [0.15, 0.2) is 23.3 Å². The van der Waals surface area contributed by atoms with Crippen LogP contribution in [0.3, 0.4) is 0 Å². The molecule has 4 aromatic rings. The Bertz CT molecular complexity index is 2130. The monoisotopic (exact) mass is 792 g/mol. The fraction of sp³-hybridized carbons (Fsp3) is 0.278. The van der Waals surface area contributed by atoms with Crippen LogP contribution in [-0.4, -0.2) is 31.2 Å². The van der Waals surface area contributed by atoms with E-state index in [1.54, 1.807) is 17.7 Å². The number of nitrogens with one attached hydrogen (secondary N) is 1. The average Bonchev–Trinajstić information content (AvgIpc) is 3.98. The third kappa shape index (κ3) is 7.69. The highest BCUT2D eigenvalue weighted by Crippen LogP contribution is 2.45. The van der Waals surface area contributed by atoms with Gasteiger partial charge in [-0.05, 0) is 112 Å². The van der Waals surface area contributed by atoms with Gasteiger partial charge in [0.05, 0.1) is 22.8 Å². The number of sulfonamides is 1. The molecule has 6 rings (SSSR count). The van der Waals surface area contributed by atoms with E-state index < -0.39 is 68.6 Å². The Kier molecular flexibility index (Phi) is 10.0. The van der Waals surface area contributed by atoms with Crippen LogP contribution >= 0.6 is 27.5 Å². The Labute approximate surface area is 299 Å². The molecule has 7 nitrogen and oxygen atoms in total. The molecule has 2 fully saturated rings. The van der Waals surface area contributed by atoms with Crippen molar-refractivity contribution in [3.05, 3.63) is 126 Å². The number of carbonyl (C=O) groups is 2. The zero-order valence-corrected chi connectivity index (χ0v) is 29.7. The summed E-state index contributed by atoms with van der Waals surface area (Å²) in [5, 5.41) is 9.54. The number of carboxylic acid groups (broad SMARTS) is 1. The van der Waals surface area contributed by atoms with Gasteiger partial charge in [-0.15, -0.1) is 0 Å². The molecule has 1 amide bonds. The molecule has 0 atom stereocenters. The van der Waals surface area contributed by atoms with Crippen LogP contribution in [0.5, 0.6) is 0 Å². The molecule has 0 spiro atoms. The zero-order chi connectivity index (χ0) is 36.1. The molecule has 4 aromatic carbocycles. The summed E-state index contributed by atoms with van der Waals surface area (Å²) in [6.45, 7) is 1.49. The topological polar surface area (TPSA) is 104 Å². The number of halogens is 6. The van der Waals surface area contributed by atoms with Gasteiger partial charge in [0.25, 0.3) is 0 Å². The van der Waals surface area contributed by atoms with E-state index in [1.165, 1.54) is 35.2 Å². The molecule has 2 aliphatic rings. The maximum Gasteiger partial charge on any atom is 0.335 e. The lowest BCUT2D eigenvalue weighted by molar-refractivity contribution is -0.116. The van der Waals surface area contributed by atoms with E-state index >= 15 is 8.78 Å². The first-order chi connectivity index (χ1) is 23.6.